The van der Waals surface area contributed by atoms with Gasteiger partial charge in [0.1, 0.15) is 10.6 Å². The Bertz CT molecular complexity index is 953. The number of methoxy groups -OCH3 is 1. The second-order valence-corrected chi connectivity index (χ2v) is 6.56. The van der Waals surface area contributed by atoms with Crippen LogP contribution in [0.1, 0.15) is 9.67 Å². The van der Waals surface area contributed by atoms with E-state index >= 15 is 0 Å². The van der Waals surface area contributed by atoms with E-state index in [-0.39, 0.29) is 12.7 Å². The Morgan fingerprint density at radius 3 is 2.88 bits per heavy atom. The van der Waals surface area contributed by atoms with Gasteiger partial charge in [0.05, 0.1) is 12.1 Å². The number of hydrogen-bond donors (Lipinski definition) is 1. The highest BCUT2D eigenvalue weighted by Gasteiger charge is 2.19. The van der Waals surface area contributed by atoms with Crippen LogP contribution in [-0.4, -0.2) is 19.8 Å². The quantitative estimate of drug-likeness (QED) is 0.743. The van der Waals surface area contributed by atoms with Crippen molar-refractivity contribution in [3.05, 3.63) is 46.3 Å². The summed E-state index contributed by atoms with van der Waals surface area (Å²) in [6.07, 6.45) is 0. The molecule has 7 heteroatoms. The van der Waals surface area contributed by atoms with Crippen LogP contribution >= 0.6 is 22.9 Å². The van der Waals surface area contributed by atoms with Crippen LogP contribution < -0.4 is 19.5 Å². The van der Waals surface area contributed by atoms with E-state index in [0.717, 1.165) is 10.1 Å². The Hall–Kier alpha value is -2.44. The van der Waals surface area contributed by atoms with E-state index in [1.807, 2.05) is 18.2 Å². The Labute approximate surface area is 146 Å². The van der Waals surface area contributed by atoms with E-state index in [4.69, 9.17) is 25.8 Å². The van der Waals surface area contributed by atoms with Crippen molar-refractivity contribution in [2.45, 2.75) is 0 Å². The lowest BCUT2D eigenvalue weighted by molar-refractivity contribution is 0.103. The third-order valence-electron chi connectivity index (χ3n) is 3.67. The number of nitrogens with one attached hydrogen (secondary N) is 1. The topological polar surface area (TPSA) is 56.8 Å². The number of thiophene rings is 1. The van der Waals surface area contributed by atoms with Crippen LogP contribution in [0.5, 0.6) is 17.2 Å². The Balaban J connectivity index is 1.64. The van der Waals surface area contributed by atoms with Crippen LogP contribution in [0.3, 0.4) is 0 Å². The molecule has 5 nitrogen and oxygen atoms in total. The molecule has 2 aromatic carbocycles. The molecule has 0 spiro atoms. The largest absolute Gasteiger partial charge is 0.497 e. The van der Waals surface area contributed by atoms with Crippen molar-refractivity contribution in [2.75, 3.05) is 19.2 Å². The fraction of sp³-hybridized carbons (Fsp3) is 0.118. The summed E-state index contributed by atoms with van der Waals surface area (Å²) in [5.74, 6) is 1.71. The van der Waals surface area contributed by atoms with Gasteiger partial charge < -0.3 is 19.5 Å². The SMILES string of the molecule is COc1ccc2sc(C(=O)Nc3ccc4c(c3)OCO4)c(Cl)c2c1. The third-order valence-corrected chi connectivity index (χ3v) is 5.35. The zero-order valence-electron chi connectivity index (χ0n) is 12.6. The fourth-order valence-corrected chi connectivity index (χ4v) is 3.87. The lowest BCUT2D eigenvalue weighted by Crippen LogP contribution is -2.10. The molecule has 1 aliphatic heterocycles. The minimum atomic E-state index is -0.265. The molecule has 0 unspecified atom stereocenters. The number of hydrogen-bond acceptors (Lipinski definition) is 5. The standard InChI is InChI=1S/C17H12ClNO4S/c1-21-10-3-5-14-11(7-10)15(18)16(24-14)17(20)19-9-2-4-12-13(6-9)23-8-22-12/h2-7H,8H2,1H3,(H,19,20). The second kappa shape index (κ2) is 5.89. The van der Waals surface area contributed by atoms with E-state index in [2.05, 4.69) is 5.32 Å². The predicted octanol–water partition coefficient (Wildman–Crippen LogP) is 4.54. The van der Waals surface area contributed by atoms with Gasteiger partial charge in [0.2, 0.25) is 6.79 Å². The molecule has 0 bridgehead atoms. The Kier molecular flexibility index (Phi) is 3.70. The highest BCUT2D eigenvalue weighted by molar-refractivity contribution is 7.21. The first-order chi connectivity index (χ1) is 11.7. The molecule has 1 aromatic heterocycles. The number of fused-ring (bicyclic) bond motifs is 2. The minimum absolute atomic E-state index is 0.191. The zero-order valence-corrected chi connectivity index (χ0v) is 14.2. The van der Waals surface area contributed by atoms with Gasteiger partial charge in [-0.3, -0.25) is 4.79 Å². The molecule has 4 rings (SSSR count). The highest BCUT2D eigenvalue weighted by Crippen LogP contribution is 2.38. The van der Waals surface area contributed by atoms with Gasteiger partial charge in [0.25, 0.3) is 5.91 Å². The third kappa shape index (κ3) is 2.53. The Morgan fingerprint density at radius 1 is 1.21 bits per heavy atom. The van der Waals surface area contributed by atoms with Crippen LogP contribution in [0.25, 0.3) is 10.1 Å². The van der Waals surface area contributed by atoms with Crippen molar-refractivity contribution in [3.63, 3.8) is 0 Å². The molecule has 24 heavy (non-hydrogen) atoms. The maximum atomic E-state index is 12.6. The Morgan fingerprint density at radius 2 is 2.04 bits per heavy atom. The predicted molar refractivity (Wildman–Crippen MR) is 93.9 cm³/mol. The molecule has 0 fully saturated rings. The number of amides is 1. The molecular formula is C17H12ClNO4S. The van der Waals surface area contributed by atoms with Crippen molar-refractivity contribution in [1.29, 1.82) is 0 Å². The van der Waals surface area contributed by atoms with Gasteiger partial charge in [0, 0.05) is 21.8 Å². The van der Waals surface area contributed by atoms with Crippen molar-refractivity contribution < 1.29 is 19.0 Å². The van der Waals surface area contributed by atoms with Crippen LogP contribution in [0.4, 0.5) is 5.69 Å². The molecule has 2 heterocycles. The molecule has 122 valence electrons. The number of ether oxygens (including phenoxy) is 3. The van der Waals surface area contributed by atoms with Gasteiger partial charge in [-0.05, 0) is 30.3 Å². The zero-order chi connectivity index (χ0) is 16.7. The molecular weight excluding hydrogens is 350 g/mol. The van der Waals surface area contributed by atoms with Crippen molar-refractivity contribution in [2.24, 2.45) is 0 Å². The van der Waals surface area contributed by atoms with E-state index in [0.29, 0.717) is 32.8 Å². The molecule has 3 aromatic rings. The summed E-state index contributed by atoms with van der Waals surface area (Å²) in [7, 11) is 1.59. The van der Waals surface area contributed by atoms with Gasteiger partial charge in [-0.15, -0.1) is 11.3 Å². The maximum absolute atomic E-state index is 12.6. The maximum Gasteiger partial charge on any atom is 0.267 e. The van der Waals surface area contributed by atoms with Crippen LogP contribution in [-0.2, 0) is 0 Å². The lowest BCUT2D eigenvalue weighted by atomic mass is 10.2. The van der Waals surface area contributed by atoms with Crippen molar-refractivity contribution in [3.8, 4) is 17.2 Å². The summed E-state index contributed by atoms with van der Waals surface area (Å²) in [5, 5.41) is 4.06. The number of rotatable bonds is 3. The van der Waals surface area contributed by atoms with E-state index in [1.54, 1.807) is 25.3 Å². The lowest BCUT2D eigenvalue weighted by Gasteiger charge is -2.05. The fourth-order valence-electron chi connectivity index (χ4n) is 2.48. The summed E-state index contributed by atoms with van der Waals surface area (Å²) < 4.78 is 16.7. The monoisotopic (exact) mass is 361 g/mol. The summed E-state index contributed by atoms with van der Waals surface area (Å²) in [6, 6.07) is 10.8. The van der Waals surface area contributed by atoms with Crippen molar-refractivity contribution in [1.82, 2.24) is 0 Å². The van der Waals surface area contributed by atoms with Gasteiger partial charge in [0.15, 0.2) is 11.5 Å². The van der Waals surface area contributed by atoms with E-state index in [9.17, 15) is 4.79 Å². The molecule has 1 amide bonds. The normalized spacial score (nSPS) is 12.4. The summed E-state index contributed by atoms with van der Waals surface area (Å²) >= 11 is 7.73. The minimum Gasteiger partial charge on any atom is -0.497 e. The first kappa shape index (κ1) is 15.1. The number of carbonyl (C=O) groups is 1. The first-order valence-electron chi connectivity index (χ1n) is 7.13. The molecule has 1 N–H and O–H groups in total. The number of halogens is 1. The highest BCUT2D eigenvalue weighted by atomic mass is 35.5. The molecule has 1 aliphatic rings. The van der Waals surface area contributed by atoms with Gasteiger partial charge >= 0.3 is 0 Å². The molecule has 0 radical (unpaired) electrons. The molecule has 0 saturated carbocycles. The summed E-state index contributed by atoms with van der Waals surface area (Å²) in [4.78, 5) is 13.0. The van der Waals surface area contributed by atoms with Crippen molar-refractivity contribution >= 4 is 44.6 Å². The smallest absolute Gasteiger partial charge is 0.267 e. The van der Waals surface area contributed by atoms with E-state index in [1.165, 1.54) is 11.3 Å². The van der Waals surface area contributed by atoms with Gasteiger partial charge in [-0.2, -0.15) is 0 Å². The summed E-state index contributed by atoms with van der Waals surface area (Å²) in [5.41, 5.74) is 0.621. The first-order valence-corrected chi connectivity index (χ1v) is 8.32. The van der Waals surface area contributed by atoms with Crippen LogP contribution in [0, 0.1) is 0 Å². The number of anilines is 1. The second-order valence-electron chi connectivity index (χ2n) is 5.13. The number of carbonyl (C=O) groups excluding carboxylic acids is 1. The van der Waals surface area contributed by atoms with E-state index < -0.39 is 0 Å². The molecule has 0 aliphatic carbocycles. The van der Waals surface area contributed by atoms with Gasteiger partial charge in [-0.25, -0.2) is 0 Å². The van der Waals surface area contributed by atoms with Crippen LogP contribution in [0.15, 0.2) is 36.4 Å². The van der Waals surface area contributed by atoms with Gasteiger partial charge in [-0.1, -0.05) is 11.6 Å². The molecule has 0 atom stereocenters. The van der Waals surface area contributed by atoms with Crippen LogP contribution in [0.2, 0.25) is 5.02 Å². The average molecular weight is 362 g/mol. The summed E-state index contributed by atoms with van der Waals surface area (Å²) in [6.45, 7) is 0.191. The average Bonchev–Trinajstić information content (AvgIpc) is 3.18. The number of benzene rings is 2. The molecule has 0 saturated heterocycles.